The van der Waals surface area contributed by atoms with Crippen LogP contribution >= 0.6 is 24.0 Å². The van der Waals surface area contributed by atoms with Crippen LogP contribution in [0.25, 0.3) is 0 Å². The molecule has 0 bridgehead atoms. The van der Waals surface area contributed by atoms with E-state index in [4.69, 9.17) is 4.74 Å². The number of hydrogen-bond acceptors (Lipinski definition) is 6. The van der Waals surface area contributed by atoms with Crippen molar-refractivity contribution in [3.8, 4) is 0 Å². The smallest absolute Gasteiger partial charge is 0.410 e. The first-order chi connectivity index (χ1) is 12.9. The van der Waals surface area contributed by atoms with E-state index < -0.39 is 15.4 Å². The van der Waals surface area contributed by atoms with Crippen molar-refractivity contribution in [2.45, 2.75) is 45.8 Å². The number of piperazine rings is 1. The standard InChI is InChI=1S/C18H37N5O4S.HI/c1-15(7-14-28(6,25)26)21-16(19-5)20-8-9-22-10-12-23(13-11-22)17(24)27-18(2,3)4;/h15H,7-14H2,1-6H3,(H2,19,20,21);1H. The molecule has 1 saturated heterocycles. The molecule has 0 aromatic heterocycles. The lowest BCUT2D eigenvalue weighted by atomic mass is 10.2. The van der Waals surface area contributed by atoms with E-state index in [9.17, 15) is 13.2 Å². The van der Waals surface area contributed by atoms with Crippen molar-refractivity contribution < 1.29 is 17.9 Å². The molecule has 11 heteroatoms. The summed E-state index contributed by atoms with van der Waals surface area (Å²) in [5, 5.41) is 6.46. The van der Waals surface area contributed by atoms with Gasteiger partial charge < -0.3 is 20.3 Å². The number of nitrogens with one attached hydrogen (secondary N) is 2. The van der Waals surface area contributed by atoms with Gasteiger partial charge in [0.15, 0.2) is 5.96 Å². The highest BCUT2D eigenvalue weighted by Crippen LogP contribution is 2.11. The fraction of sp³-hybridized carbons (Fsp3) is 0.889. The summed E-state index contributed by atoms with van der Waals surface area (Å²) >= 11 is 0. The van der Waals surface area contributed by atoms with Crippen LogP contribution in [0, 0.1) is 0 Å². The van der Waals surface area contributed by atoms with E-state index in [2.05, 4.69) is 20.5 Å². The highest BCUT2D eigenvalue weighted by atomic mass is 127. The first-order valence-corrected chi connectivity index (χ1v) is 11.8. The van der Waals surface area contributed by atoms with E-state index in [-0.39, 0.29) is 41.9 Å². The van der Waals surface area contributed by atoms with Crippen LogP contribution in [0.3, 0.4) is 0 Å². The maximum absolute atomic E-state index is 12.1. The molecule has 0 radical (unpaired) electrons. The third kappa shape index (κ3) is 13.2. The molecule has 2 N–H and O–H groups in total. The van der Waals surface area contributed by atoms with Crippen molar-refractivity contribution in [2.24, 2.45) is 4.99 Å². The molecule has 0 aromatic carbocycles. The second-order valence-corrected chi connectivity index (χ2v) is 10.5. The molecule has 1 rings (SSSR count). The summed E-state index contributed by atoms with van der Waals surface area (Å²) in [6.45, 7) is 12.0. The Balaban J connectivity index is 0.00000784. The molecule has 0 aromatic rings. The maximum atomic E-state index is 12.1. The SMILES string of the molecule is CN=C(NCCN1CCN(C(=O)OC(C)(C)C)CC1)NC(C)CCS(C)(=O)=O.I. The fourth-order valence-corrected chi connectivity index (χ4v) is 3.49. The average molecular weight is 548 g/mol. The third-order valence-corrected chi connectivity index (χ3v) is 5.25. The molecule has 1 atom stereocenters. The zero-order valence-corrected chi connectivity index (χ0v) is 21.7. The molecule has 1 aliphatic rings. The Hall–Kier alpha value is -0.820. The number of carbonyl (C=O) groups excluding carboxylic acids is 1. The molecule has 172 valence electrons. The lowest BCUT2D eigenvalue weighted by molar-refractivity contribution is 0.0147. The van der Waals surface area contributed by atoms with Gasteiger partial charge >= 0.3 is 6.09 Å². The third-order valence-electron chi connectivity index (χ3n) is 4.27. The number of aliphatic imine (C=N–C) groups is 1. The van der Waals surface area contributed by atoms with Gasteiger partial charge in [-0.05, 0) is 34.1 Å². The van der Waals surface area contributed by atoms with Crippen molar-refractivity contribution in [1.29, 1.82) is 0 Å². The average Bonchev–Trinajstić information content (AvgIpc) is 2.57. The van der Waals surface area contributed by atoms with Crippen LogP contribution in [0.15, 0.2) is 4.99 Å². The van der Waals surface area contributed by atoms with Gasteiger partial charge in [0, 0.05) is 58.6 Å². The van der Waals surface area contributed by atoms with Gasteiger partial charge in [0.2, 0.25) is 0 Å². The minimum absolute atomic E-state index is 0. The minimum atomic E-state index is -2.96. The Morgan fingerprint density at radius 3 is 2.28 bits per heavy atom. The number of nitrogens with zero attached hydrogens (tertiary/aromatic N) is 3. The highest BCUT2D eigenvalue weighted by molar-refractivity contribution is 14.0. The lowest BCUT2D eigenvalue weighted by Crippen LogP contribution is -2.52. The van der Waals surface area contributed by atoms with Crippen molar-refractivity contribution >= 4 is 45.9 Å². The number of rotatable bonds is 7. The van der Waals surface area contributed by atoms with E-state index in [0.29, 0.717) is 32.0 Å². The summed E-state index contributed by atoms with van der Waals surface area (Å²) in [5.74, 6) is 0.813. The summed E-state index contributed by atoms with van der Waals surface area (Å²) < 4.78 is 27.9. The van der Waals surface area contributed by atoms with Crippen molar-refractivity contribution in [1.82, 2.24) is 20.4 Å². The van der Waals surface area contributed by atoms with Crippen molar-refractivity contribution in [2.75, 3.05) is 58.3 Å². The van der Waals surface area contributed by atoms with Crippen LogP contribution < -0.4 is 10.6 Å². The van der Waals surface area contributed by atoms with Crippen molar-refractivity contribution in [3.05, 3.63) is 0 Å². The highest BCUT2D eigenvalue weighted by Gasteiger charge is 2.25. The summed E-state index contributed by atoms with van der Waals surface area (Å²) in [6.07, 6.45) is 1.53. The van der Waals surface area contributed by atoms with Gasteiger partial charge in [-0.15, -0.1) is 24.0 Å². The topological polar surface area (TPSA) is 103 Å². The molecule has 1 aliphatic heterocycles. The largest absolute Gasteiger partial charge is 0.444 e. The van der Waals surface area contributed by atoms with Gasteiger partial charge in [0.05, 0.1) is 5.75 Å². The molecular formula is C18H38IN5O4S. The van der Waals surface area contributed by atoms with E-state index >= 15 is 0 Å². The monoisotopic (exact) mass is 547 g/mol. The second-order valence-electron chi connectivity index (χ2n) is 8.27. The van der Waals surface area contributed by atoms with E-state index in [0.717, 1.165) is 19.6 Å². The van der Waals surface area contributed by atoms with Crippen LogP contribution in [0.4, 0.5) is 4.79 Å². The Kier molecular flexibility index (Phi) is 12.4. The molecule has 1 unspecified atom stereocenters. The van der Waals surface area contributed by atoms with Gasteiger partial charge in [0.25, 0.3) is 0 Å². The molecule has 9 nitrogen and oxygen atoms in total. The van der Waals surface area contributed by atoms with Crippen LogP contribution in [0.2, 0.25) is 0 Å². The molecule has 0 spiro atoms. The number of amides is 1. The first-order valence-electron chi connectivity index (χ1n) is 9.75. The Bertz CT molecular complexity index is 629. The summed E-state index contributed by atoms with van der Waals surface area (Å²) in [7, 11) is -1.27. The predicted octanol–water partition coefficient (Wildman–Crippen LogP) is 1.15. The molecule has 0 saturated carbocycles. The predicted molar refractivity (Wildman–Crippen MR) is 128 cm³/mol. The molecule has 29 heavy (non-hydrogen) atoms. The van der Waals surface area contributed by atoms with Crippen LogP contribution in [-0.4, -0.2) is 100 Å². The number of halogens is 1. The Labute approximate surface area is 192 Å². The maximum Gasteiger partial charge on any atom is 0.410 e. The van der Waals surface area contributed by atoms with Crippen molar-refractivity contribution in [3.63, 3.8) is 0 Å². The number of hydrogen-bond donors (Lipinski definition) is 2. The molecular weight excluding hydrogens is 509 g/mol. The molecule has 1 fully saturated rings. The van der Waals surface area contributed by atoms with Gasteiger partial charge in [-0.2, -0.15) is 0 Å². The summed E-state index contributed by atoms with van der Waals surface area (Å²) in [6, 6.07) is 0.0123. The minimum Gasteiger partial charge on any atom is -0.444 e. The Morgan fingerprint density at radius 2 is 1.79 bits per heavy atom. The zero-order chi connectivity index (χ0) is 21.4. The molecule has 0 aliphatic carbocycles. The van der Waals surface area contributed by atoms with Crippen LogP contribution in [0.5, 0.6) is 0 Å². The van der Waals surface area contributed by atoms with Crippen LogP contribution in [0.1, 0.15) is 34.1 Å². The number of ether oxygens (including phenoxy) is 1. The quantitative estimate of drug-likeness (QED) is 0.280. The summed E-state index contributed by atoms with van der Waals surface area (Å²) in [4.78, 5) is 20.3. The number of guanidine groups is 1. The van der Waals surface area contributed by atoms with E-state index in [1.54, 1.807) is 11.9 Å². The molecule has 1 amide bonds. The zero-order valence-electron chi connectivity index (χ0n) is 18.5. The number of sulfone groups is 1. The molecule has 1 heterocycles. The van der Waals surface area contributed by atoms with Gasteiger partial charge in [-0.1, -0.05) is 0 Å². The van der Waals surface area contributed by atoms with Gasteiger partial charge in [-0.3, -0.25) is 9.89 Å². The van der Waals surface area contributed by atoms with Gasteiger partial charge in [0.1, 0.15) is 15.4 Å². The van der Waals surface area contributed by atoms with E-state index in [1.807, 2.05) is 27.7 Å². The van der Waals surface area contributed by atoms with Crippen LogP contribution in [-0.2, 0) is 14.6 Å². The second kappa shape index (κ2) is 12.8. The number of carbonyl (C=O) groups is 1. The fourth-order valence-electron chi connectivity index (χ4n) is 2.70. The first kappa shape index (κ1) is 28.2. The lowest BCUT2D eigenvalue weighted by Gasteiger charge is -2.35. The Morgan fingerprint density at radius 1 is 1.21 bits per heavy atom. The van der Waals surface area contributed by atoms with Gasteiger partial charge in [-0.25, -0.2) is 13.2 Å². The normalized spacial score (nSPS) is 17.3. The van der Waals surface area contributed by atoms with E-state index in [1.165, 1.54) is 6.26 Å². The summed E-state index contributed by atoms with van der Waals surface area (Å²) in [5.41, 5.74) is -0.473.